The standard InChI is InChI=1S/C15H10F2N6O2/c16-11(17)8-24-13-5-9(1-2-19-13)15-21-14(22-25-15)10-6-20-12-7-18-3-4-23(10)12/h1-7,11H,8H2. The van der Waals surface area contributed by atoms with Gasteiger partial charge < -0.3 is 9.26 Å². The van der Waals surface area contributed by atoms with E-state index < -0.39 is 13.0 Å². The predicted octanol–water partition coefficient (Wildman–Crippen LogP) is 2.49. The van der Waals surface area contributed by atoms with E-state index in [4.69, 9.17) is 9.26 Å². The van der Waals surface area contributed by atoms with Crippen molar-refractivity contribution in [3.05, 3.63) is 43.1 Å². The average molecular weight is 344 g/mol. The fourth-order valence-electron chi connectivity index (χ4n) is 2.22. The number of nitrogens with zero attached hydrogens (tertiary/aromatic N) is 6. The molecule has 0 aliphatic heterocycles. The van der Waals surface area contributed by atoms with Gasteiger partial charge in [-0.1, -0.05) is 5.16 Å². The molecule has 0 aromatic carbocycles. The number of pyridine rings is 1. The number of fused-ring (bicyclic) bond motifs is 1. The number of ether oxygens (including phenoxy) is 1. The summed E-state index contributed by atoms with van der Waals surface area (Å²) in [7, 11) is 0. The Morgan fingerprint density at radius 3 is 3.00 bits per heavy atom. The third-order valence-electron chi connectivity index (χ3n) is 3.31. The van der Waals surface area contributed by atoms with Gasteiger partial charge in [-0.05, 0) is 6.07 Å². The number of alkyl halides is 2. The quantitative estimate of drug-likeness (QED) is 0.549. The van der Waals surface area contributed by atoms with Crippen molar-refractivity contribution in [2.45, 2.75) is 6.43 Å². The minimum Gasteiger partial charge on any atom is -0.472 e. The molecule has 10 heteroatoms. The van der Waals surface area contributed by atoms with E-state index in [1.54, 1.807) is 35.3 Å². The van der Waals surface area contributed by atoms with Crippen LogP contribution < -0.4 is 4.74 Å². The minimum absolute atomic E-state index is 0.0541. The molecular formula is C15H10F2N6O2. The molecule has 0 spiro atoms. The van der Waals surface area contributed by atoms with Gasteiger partial charge in [0.25, 0.3) is 12.3 Å². The number of hydrogen-bond acceptors (Lipinski definition) is 7. The molecule has 4 aromatic rings. The Labute approximate surface area is 139 Å². The van der Waals surface area contributed by atoms with Gasteiger partial charge in [0.15, 0.2) is 12.3 Å². The molecule has 0 aliphatic rings. The second-order valence-corrected chi connectivity index (χ2v) is 4.96. The third-order valence-corrected chi connectivity index (χ3v) is 3.31. The van der Waals surface area contributed by atoms with Crippen molar-refractivity contribution in [2.75, 3.05) is 6.61 Å². The van der Waals surface area contributed by atoms with Crippen molar-refractivity contribution in [3.8, 4) is 28.9 Å². The van der Waals surface area contributed by atoms with Crippen LogP contribution in [-0.2, 0) is 0 Å². The van der Waals surface area contributed by atoms with Crippen molar-refractivity contribution in [2.24, 2.45) is 0 Å². The molecule has 25 heavy (non-hydrogen) atoms. The maximum absolute atomic E-state index is 12.2. The lowest BCUT2D eigenvalue weighted by Gasteiger charge is -2.04. The molecule has 0 amide bonds. The summed E-state index contributed by atoms with van der Waals surface area (Å²) in [4.78, 5) is 16.4. The summed E-state index contributed by atoms with van der Waals surface area (Å²) in [6.45, 7) is -0.735. The van der Waals surface area contributed by atoms with E-state index in [1.807, 2.05) is 0 Å². The van der Waals surface area contributed by atoms with E-state index >= 15 is 0 Å². The number of halogens is 2. The summed E-state index contributed by atoms with van der Waals surface area (Å²) in [5, 5.41) is 3.94. The molecule has 0 N–H and O–H groups in total. The van der Waals surface area contributed by atoms with Crippen molar-refractivity contribution in [1.29, 1.82) is 0 Å². The molecule has 126 valence electrons. The van der Waals surface area contributed by atoms with Crippen LogP contribution in [0, 0.1) is 0 Å². The first-order valence-electron chi connectivity index (χ1n) is 7.19. The van der Waals surface area contributed by atoms with Crippen LogP contribution in [0.4, 0.5) is 8.78 Å². The highest BCUT2D eigenvalue weighted by Gasteiger charge is 2.15. The van der Waals surface area contributed by atoms with Crippen LogP contribution in [0.15, 0.2) is 47.6 Å². The summed E-state index contributed by atoms with van der Waals surface area (Å²) >= 11 is 0. The topological polar surface area (TPSA) is 91.2 Å². The van der Waals surface area contributed by atoms with E-state index in [1.165, 1.54) is 12.3 Å². The normalized spacial score (nSPS) is 11.3. The van der Waals surface area contributed by atoms with Gasteiger partial charge in [0.2, 0.25) is 11.7 Å². The van der Waals surface area contributed by atoms with Crippen LogP contribution in [0.3, 0.4) is 0 Å². The second-order valence-electron chi connectivity index (χ2n) is 4.96. The molecule has 0 bridgehead atoms. The van der Waals surface area contributed by atoms with Gasteiger partial charge in [-0.3, -0.25) is 9.38 Å². The van der Waals surface area contributed by atoms with Crippen LogP contribution in [-0.4, -0.2) is 42.5 Å². The molecule has 4 aromatic heterocycles. The molecule has 0 radical (unpaired) electrons. The van der Waals surface area contributed by atoms with Crippen LogP contribution in [0.1, 0.15) is 0 Å². The Kier molecular flexibility index (Phi) is 3.77. The second kappa shape index (κ2) is 6.23. The molecule has 0 atom stereocenters. The molecule has 4 heterocycles. The molecule has 0 saturated carbocycles. The van der Waals surface area contributed by atoms with E-state index in [0.717, 1.165) is 0 Å². The lowest BCUT2D eigenvalue weighted by Crippen LogP contribution is -2.07. The van der Waals surface area contributed by atoms with E-state index in [2.05, 4.69) is 25.1 Å². The first-order chi connectivity index (χ1) is 12.2. The molecule has 0 fully saturated rings. The number of rotatable bonds is 5. The monoisotopic (exact) mass is 344 g/mol. The molecule has 4 rings (SSSR count). The first-order valence-corrected chi connectivity index (χ1v) is 7.19. The Morgan fingerprint density at radius 2 is 2.12 bits per heavy atom. The van der Waals surface area contributed by atoms with Crippen molar-refractivity contribution in [3.63, 3.8) is 0 Å². The Morgan fingerprint density at radius 1 is 1.20 bits per heavy atom. The zero-order chi connectivity index (χ0) is 17.2. The smallest absolute Gasteiger partial charge is 0.272 e. The maximum Gasteiger partial charge on any atom is 0.272 e. The molecular weight excluding hydrogens is 334 g/mol. The summed E-state index contributed by atoms with van der Waals surface area (Å²) in [5.74, 6) is 0.599. The number of hydrogen-bond donors (Lipinski definition) is 0. The van der Waals surface area contributed by atoms with Crippen molar-refractivity contribution < 1.29 is 18.0 Å². The van der Waals surface area contributed by atoms with Gasteiger partial charge in [-0.15, -0.1) is 0 Å². The molecule has 0 saturated heterocycles. The maximum atomic E-state index is 12.2. The first kappa shape index (κ1) is 15.1. The molecule has 0 unspecified atom stereocenters. The van der Waals surface area contributed by atoms with Crippen LogP contribution in [0.5, 0.6) is 5.88 Å². The summed E-state index contributed by atoms with van der Waals surface area (Å²) in [5.41, 5.74) is 1.79. The van der Waals surface area contributed by atoms with Crippen LogP contribution >= 0.6 is 0 Å². The van der Waals surface area contributed by atoms with Gasteiger partial charge >= 0.3 is 0 Å². The molecule has 0 aliphatic carbocycles. The highest BCUT2D eigenvalue weighted by atomic mass is 19.3. The lowest BCUT2D eigenvalue weighted by atomic mass is 10.2. The zero-order valence-corrected chi connectivity index (χ0v) is 12.6. The molecule has 8 nitrogen and oxygen atoms in total. The fraction of sp³-hybridized carbons (Fsp3) is 0.133. The Bertz CT molecular complexity index is 1020. The summed E-state index contributed by atoms with van der Waals surface area (Å²) in [6, 6.07) is 3.07. The average Bonchev–Trinajstić information content (AvgIpc) is 3.27. The Hall–Kier alpha value is -3.43. The highest BCUT2D eigenvalue weighted by molar-refractivity contribution is 5.60. The fourth-order valence-corrected chi connectivity index (χ4v) is 2.22. The largest absolute Gasteiger partial charge is 0.472 e. The van der Waals surface area contributed by atoms with Gasteiger partial charge in [0, 0.05) is 30.2 Å². The van der Waals surface area contributed by atoms with Gasteiger partial charge in [-0.2, -0.15) is 4.98 Å². The zero-order valence-electron chi connectivity index (χ0n) is 12.6. The van der Waals surface area contributed by atoms with Gasteiger partial charge in [-0.25, -0.2) is 18.7 Å². The Balaban J connectivity index is 1.64. The minimum atomic E-state index is -2.58. The summed E-state index contributed by atoms with van der Waals surface area (Å²) < 4.78 is 36.4. The summed E-state index contributed by atoms with van der Waals surface area (Å²) in [6.07, 6.45) is 5.41. The predicted molar refractivity (Wildman–Crippen MR) is 81.0 cm³/mol. The van der Waals surface area contributed by atoms with Crippen molar-refractivity contribution >= 4 is 5.65 Å². The van der Waals surface area contributed by atoms with Gasteiger partial charge in [0.05, 0.1) is 12.4 Å². The van der Waals surface area contributed by atoms with Crippen LogP contribution in [0.25, 0.3) is 28.6 Å². The third kappa shape index (κ3) is 3.01. The van der Waals surface area contributed by atoms with E-state index in [0.29, 0.717) is 22.7 Å². The lowest BCUT2D eigenvalue weighted by molar-refractivity contribution is 0.0796. The van der Waals surface area contributed by atoms with Crippen LogP contribution in [0.2, 0.25) is 0 Å². The van der Waals surface area contributed by atoms with Crippen molar-refractivity contribution in [1.82, 2.24) is 29.5 Å². The van der Waals surface area contributed by atoms with E-state index in [9.17, 15) is 8.78 Å². The van der Waals surface area contributed by atoms with Gasteiger partial charge in [0.1, 0.15) is 5.69 Å². The number of aromatic nitrogens is 6. The van der Waals surface area contributed by atoms with E-state index in [-0.39, 0.29) is 11.8 Å². The SMILES string of the molecule is FC(F)COc1cc(-c2nc(-c3cnc4cnccn34)no2)ccn1. The number of imidazole rings is 1. The highest BCUT2D eigenvalue weighted by Crippen LogP contribution is 2.24.